The van der Waals surface area contributed by atoms with E-state index in [1.54, 1.807) is 0 Å². The number of piperazine rings is 1. The Morgan fingerprint density at radius 2 is 1.63 bits per heavy atom. The highest BCUT2D eigenvalue weighted by atomic mass is 16.2. The van der Waals surface area contributed by atoms with Gasteiger partial charge in [-0.25, -0.2) is 0 Å². The highest BCUT2D eigenvalue weighted by Crippen LogP contribution is 2.31. The minimum absolute atomic E-state index is 0.0486. The summed E-state index contributed by atoms with van der Waals surface area (Å²) in [4.78, 5) is 33.3. The lowest BCUT2D eigenvalue weighted by Crippen LogP contribution is -2.58. The number of benzene rings is 1. The Balaban J connectivity index is 1.28. The molecule has 6 heteroatoms. The van der Waals surface area contributed by atoms with Crippen LogP contribution in [0, 0.1) is 5.92 Å². The molecule has 1 saturated carbocycles. The van der Waals surface area contributed by atoms with Gasteiger partial charge in [0.05, 0.1) is 6.04 Å². The number of nitrogens with one attached hydrogen (secondary N) is 1. The summed E-state index contributed by atoms with van der Waals surface area (Å²) >= 11 is 0. The van der Waals surface area contributed by atoms with Gasteiger partial charge < -0.3 is 15.1 Å². The Labute approximate surface area is 212 Å². The number of hydrogen-bond acceptors (Lipinski definition) is 4. The number of carbonyl (C=O) groups excluding carboxylic acids is 2. The standard InChI is InChI=1S/C29H46N4O2/c1-3-24-12-14-26(15-13-24)29(35)33-21-19-32(20-22-33)27(25-10-4-5-11-25)28(34)30-16-8-18-31-17-7-6-9-23(31)2/h12-15,23,25,27H,3-11,16-22H2,1-2H3,(H,30,34)/t23-,27+/m0/s1. The molecule has 4 rings (SSSR count). The van der Waals surface area contributed by atoms with Crippen molar-refractivity contribution >= 4 is 11.8 Å². The molecule has 0 bridgehead atoms. The third kappa shape index (κ3) is 6.85. The van der Waals surface area contributed by atoms with Crippen molar-refractivity contribution in [3.05, 3.63) is 35.4 Å². The summed E-state index contributed by atoms with van der Waals surface area (Å²) in [6.07, 6.45) is 10.7. The largest absolute Gasteiger partial charge is 0.355 e. The molecular weight excluding hydrogens is 436 g/mol. The smallest absolute Gasteiger partial charge is 0.253 e. The zero-order valence-corrected chi connectivity index (χ0v) is 22.0. The molecule has 1 N–H and O–H groups in total. The van der Waals surface area contributed by atoms with E-state index in [2.05, 4.69) is 41.1 Å². The third-order valence-corrected chi connectivity index (χ3v) is 8.58. The number of hydrogen-bond donors (Lipinski definition) is 1. The first-order chi connectivity index (χ1) is 17.1. The molecule has 2 saturated heterocycles. The van der Waals surface area contributed by atoms with Crippen molar-refractivity contribution in [2.75, 3.05) is 45.8 Å². The lowest BCUT2D eigenvalue weighted by molar-refractivity contribution is -0.129. The lowest BCUT2D eigenvalue weighted by Gasteiger charge is -2.41. The first-order valence-corrected chi connectivity index (χ1v) is 14.2. The lowest BCUT2D eigenvalue weighted by atomic mass is 9.95. The van der Waals surface area contributed by atoms with Crippen molar-refractivity contribution in [3.63, 3.8) is 0 Å². The Hall–Kier alpha value is -1.92. The Morgan fingerprint density at radius 1 is 0.943 bits per heavy atom. The van der Waals surface area contributed by atoms with Crippen LogP contribution < -0.4 is 5.32 Å². The molecule has 1 aromatic rings. The summed E-state index contributed by atoms with van der Waals surface area (Å²) in [7, 11) is 0. The second-order valence-electron chi connectivity index (χ2n) is 10.9. The molecule has 2 heterocycles. The van der Waals surface area contributed by atoms with Gasteiger partial charge >= 0.3 is 0 Å². The maximum Gasteiger partial charge on any atom is 0.253 e. The average molecular weight is 483 g/mol. The Kier molecular flexibility index (Phi) is 9.61. The molecule has 3 fully saturated rings. The van der Waals surface area contributed by atoms with E-state index in [0.717, 1.165) is 57.4 Å². The molecule has 194 valence electrons. The minimum Gasteiger partial charge on any atom is -0.355 e. The van der Waals surface area contributed by atoms with E-state index in [1.807, 2.05) is 17.0 Å². The van der Waals surface area contributed by atoms with Crippen LogP contribution in [-0.2, 0) is 11.2 Å². The van der Waals surface area contributed by atoms with Gasteiger partial charge in [-0.1, -0.05) is 38.3 Å². The molecule has 2 aliphatic heterocycles. The second kappa shape index (κ2) is 12.9. The van der Waals surface area contributed by atoms with Crippen molar-refractivity contribution in [2.45, 2.75) is 83.7 Å². The van der Waals surface area contributed by atoms with Crippen LogP contribution in [0.2, 0.25) is 0 Å². The van der Waals surface area contributed by atoms with Gasteiger partial charge in [0.1, 0.15) is 0 Å². The molecule has 3 aliphatic rings. The minimum atomic E-state index is -0.0486. The molecular formula is C29H46N4O2. The number of likely N-dealkylation sites (tertiary alicyclic amines) is 1. The van der Waals surface area contributed by atoms with E-state index in [1.165, 1.54) is 44.2 Å². The van der Waals surface area contributed by atoms with Crippen LogP contribution in [0.5, 0.6) is 0 Å². The summed E-state index contributed by atoms with van der Waals surface area (Å²) in [5, 5.41) is 3.29. The van der Waals surface area contributed by atoms with Crippen molar-refractivity contribution in [3.8, 4) is 0 Å². The highest BCUT2D eigenvalue weighted by molar-refractivity contribution is 5.94. The summed E-state index contributed by atoms with van der Waals surface area (Å²) in [6, 6.07) is 8.63. The van der Waals surface area contributed by atoms with Gasteiger partial charge in [0.2, 0.25) is 5.91 Å². The van der Waals surface area contributed by atoms with Gasteiger partial charge in [0.25, 0.3) is 5.91 Å². The molecule has 6 nitrogen and oxygen atoms in total. The topological polar surface area (TPSA) is 55.9 Å². The first kappa shape index (κ1) is 26.2. The number of aryl methyl sites for hydroxylation is 1. The zero-order chi connectivity index (χ0) is 24.6. The van der Waals surface area contributed by atoms with Crippen LogP contribution in [0.3, 0.4) is 0 Å². The molecule has 0 unspecified atom stereocenters. The van der Waals surface area contributed by atoms with Gasteiger partial charge in [-0.15, -0.1) is 0 Å². The van der Waals surface area contributed by atoms with Gasteiger partial charge in [0, 0.05) is 50.9 Å². The van der Waals surface area contributed by atoms with E-state index in [9.17, 15) is 9.59 Å². The monoisotopic (exact) mass is 482 g/mol. The fraction of sp³-hybridized carbons (Fsp3) is 0.724. The number of rotatable bonds is 9. The van der Waals surface area contributed by atoms with Crippen molar-refractivity contribution in [2.24, 2.45) is 5.92 Å². The number of carbonyl (C=O) groups is 2. The molecule has 0 radical (unpaired) electrons. The SMILES string of the molecule is CCc1ccc(C(=O)N2CCN([C@@H](C(=O)NCCCN3CCCC[C@@H]3C)C3CCCC3)CC2)cc1. The average Bonchev–Trinajstić information content (AvgIpc) is 3.42. The zero-order valence-electron chi connectivity index (χ0n) is 22.0. The van der Waals surface area contributed by atoms with Crippen LogP contribution in [0.25, 0.3) is 0 Å². The van der Waals surface area contributed by atoms with E-state index >= 15 is 0 Å². The van der Waals surface area contributed by atoms with E-state index in [0.29, 0.717) is 25.0 Å². The predicted molar refractivity (Wildman–Crippen MR) is 142 cm³/mol. The van der Waals surface area contributed by atoms with Gasteiger partial charge in [0.15, 0.2) is 0 Å². The van der Waals surface area contributed by atoms with Crippen LogP contribution in [0.1, 0.15) is 81.1 Å². The molecule has 2 atom stereocenters. The van der Waals surface area contributed by atoms with Crippen molar-refractivity contribution < 1.29 is 9.59 Å². The molecule has 0 aromatic heterocycles. The summed E-state index contributed by atoms with van der Waals surface area (Å²) in [5.74, 6) is 0.764. The predicted octanol–water partition coefficient (Wildman–Crippen LogP) is 3.95. The summed E-state index contributed by atoms with van der Waals surface area (Å²) < 4.78 is 0. The molecule has 1 aromatic carbocycles. The quantitative estimate of drug-likeness (QED) is 0.542. The van der Waals surface area contributed by atoms with Gasteiger partial charge in [-0.2, -0.15) is 0 Å². The molecule has 35 heavy (non-hydrogen) atoms. The third-order valence-electron chi connectivity index (χ3n) is 8.58. The van der Waals surface area contributed by atoms with Crippen LogP contribution in [0.4, 0.5) is 0 Å². The first-order valence-electron chi connectivity index (χ1n) is 14.2. The second-order valence-corrected chi connectivity index (χ2v) is 10.9. The molecule has 2 amide bonds. The van der Waals surface area contributed by atoms with E-state index in [-0.39, 0.29) is 17.9 Å². The maximum absolute atomic E-state index is 13.4. The summed E-state index contributed by atoms with van der Waals surface area (Å²) in [6.45, 7) is 10.4. The summed E-state index contributed by atoms with van der Waals surface area (Å²) in [5.41, 5.74) is 2.02. The van der Waals surface area contributed by atoms with Crippen molar-refractivity contribution in [1.82, 2.24) is 20.0 Å². The number of amides is 2. The maximum atomic E-state index is 13.4. The fourth-order valence-electron chi connectivity index (χ4n) is 6.31. The Morgan fingerprint density at radius 3 is 2.29 bits per heavy atom. The van der Waals surface area contributed by atoms with Crippen LogP contribution in [0.15, 0.2) is 24.3 Å². The normalized spacial score (nSPS) is 23.4. The van der Waals surface area contributed by atoms with Crippen LogP contribution >= 0.6 is 0 Å². The Bertz CT molecular complexity index is 812. The number of nitrogens with zero attached hydrogens (tertiary/aromatic N) is 3. The van der Waals surface area contributed by atoms with Gasteiger partial charge in [-0.3, -0.25) is 14.5 Å². The van der Waals surface area contributed by atoms with E-state index < -0.39 is 0 Å². The number of piperidine rings is 1. The van der Waals surface area contributed by atoms with Crippen LogP contribution in [-0.4, -0.2) is 84.4 Å². The molecule has 1 aliphatic carbocycles. The fourth-order valence-corrected chi connectivity index (χ4v) is 6.31. The molecule has 0 spiro atoms. The van der Waals surface area contributed by atoms with E-state index in [4.69, 9.17) is 0 Å². The van der Waals surface area contributed by atoms with Gasteiger partial charge in [-0.05, 0) is 75.6 Å². The highest BCUT2D eigenvalue weighted by Gasteiger charge is 2.37. The van der Waals surface area contributed by atoms with Crippen molar-refractivity contribution in [1.29, 1.82) is 0 Å².